The number of carbonyl (C=O) groups is 2. The molecule has 24 heavy (non-hydrogen) atoms. The third-order valence-corrected chi connectivity index (χ3v) is 3.33. The number of amides is 2. The van der Waals surface area contributed by atoms with Crippen LogP contribution in [0.5, 0.6) is 5.75 Å². The predicted octanol–water partition coefficient (Wildman–Crippen LogP) is 2.42. The van der Waals surface area contributed by atoms with Gasteiger partial charge in [0.2, 0.25) is 5.91 Å². The quantitative estimate of drug-likeness (QED) is 0.486. The van der Waals surface area contributed by atoms with E-state index in [1.807, 2.05) is 30.3 Å². The van der Waals surface area contributed by atoms with Crippen LogP contribution in [-0.2, 0) is 9.59 Å². The minimum absolute atomic E-state index is 0.410. The fourth-order valence-electron chi connectivity index (χ4n) is 1.85. The molecule has 2 aromatic rings. The Hall–Kier alpha value is -3.15. The first-order valence-electron chi connectivity index (χ1n) is 7.43. The van der Waals surface area contributed by atoms with E-state index in [1.165, 1.54) is 13.1 Å². The van der Waals surface area contributed by atoms with E-state index in [1.54, 1.807) is 31.4 Å². The lowest BCUT2D eigenvalue weighted by molar-refractivity contribution is -0.131. The second-order valence-electron chi connectivity index (χ2n) is 5.08. The van der Waals surface area contributed by atoms with Crippen LogP contribution in [0.15, 0.2) is 59.7 Å². The monoisotopic (exact) mass is 325 g/mol. The fourth-order valence-corrected chi connectivity index (χ4v) is 1.85. The first-order valence-corrected chi connectivity index (χ1v) is 7.43. The molecule has 0 heterocycles. The first kappa shape index (κ1) is 17.2. The topological polar surface area (TPSA) is 79.8 Å². The standard InChI is InChI=1S/C18H19N3O3/c1-13(17(22)20-15-8-10-16(24-2)11-9-15)18(23)21-19-12-14-6-4-3-5-7-14/h3-13H,1-2H3,(H,20,22)(H,21,23). The highest BCUT2D eigenvalue weighted by Gasteiger charge is 2.21. The van der Waals surface area contributed by atoms with Crippen molar-refractivity contribution in [3.05, 3.63) is 60.2 Å². The van der Waals surface area contributed by atoms with E-state index in [0.717, 1.165) is 5.56 Å². The van der Waals surface area contributed by atoms with E-state index >= 15 is 0 Å². The van der Waals surface area contributed by atoms with E-state index in [2.05, 4.69) is 15.8 Å². The molecule has 0 aliphatic carbocycles. The van der Waals surface area contributed by atoms with Crippen molar-refractivity contribution < 1.29 is 14.3 Å². The lowest BCUT2D eigenvalue weighted by atomic mass is 10.1. The predicted molar refractivity (Wildman–Crippen MR) is 93.0 cm³/mol. The molecule has 6 heteroatoms. The Labute approximate surface area is 140 Å². The molecule has 1 atom stereocenters. The number of benzene rings is 2. The highest BCUT2D eigenvalue weighted by atomic mass is 16.5. The smallest absolute Gasteiger partial charge is 0.252 e. The number of anilines is 1. The van der Waals surface area contributed by atoms with Crippen molar-refractivity contribution in [2.75, 3.05) is 12.4 Å². The summed E-state index contributed by atoms with van der Waals surface area (Å²) in [6, 6.07) is 16.2. The van der Waals surface area contributed by atoms with Gasteiger partial charge < -0.3 is 10.1 Å². The van der Waals surface area contributed by atoms with Gasteiger partial charge in [-0.1, -0.05) is 30.3 Å². The number of hydrogen-bond acceptors (Lipinski definition) is 4. The van der Waals surface area contributed by atoms with Crippen molar-refractivity contribution in [3.63, 3.8) is 0 Å². The molecule has 2 N–H and O–H groups in total. The van der Waals surface area contributed by atoms with Crippen LogP contribution in [-0.4, -0.2) is 25.1 Å². The van der Waals surface area contributed by atoms with Gasteiger partial charge in [-0.2, -0.15) is 5.10 Å². The maximum Gasteiger partial charge on any atom is 0.252 e. The van der Waals surface area contributed by atoms with Crippen LogP contribution in [0, 0.1) is 5.92 Å². The second-order valence-corrected chi connectivity index (χ2v) is 5.08. The summed E-state index contributed by atoms with van der Waals surface area (Å²) >= 11 is 0. The Kier molecular flexibility index (Phi) is 6.08. The van der Waals surface area contributed by atoms with Crippen molar-refractivity contribution >= 4 is 23.7 Å². The molecule has 0 spiro atoms. The van der Waals surface area contributed by atoms with Crippen molar-refractivity contribution in [1.29, 1.82) is 0 Å². The molecule has 1 unspecified atom stereocenters. The van der Waals surface area contributed by atoms with Crippen molar-refractivity contribution in [2.24, 2.45) is 11.0 Å². The molecule has 2 amide bonds. The first-order chi connectivity index (χ1) is 11.6. The van der Waals surface area contributed by atoms with E-state index in [9.17, 15) is 9.59 Å². The fraction of sp³-hybridized carbons (Fsp3) is 0.167. The molecule has 2 aromatic carbocycles. The maximum atomic E-state index is 12.1. The zero-order valence-corrected chi connectivity index (χ0v) is 13.5. The summed E-state index contributed by atoms with van der Waals surface area (Å²) in [6.07, 6.45) is 1.52. The van der Waals surface area contributed by atoms with Crippen LogP contribution >= 0.6 is 0 Å². The minimum atomic E-state index is -0.875. The van der Waals surface area contributed by atoms with Crippen molar-refractivity contribution in [3.8, 4) is 5.75 Å². The van der Waals surface area contributed by atoms with E-state index < -0.39 is 17.7 Å². The zero-order valence-electron chi connectivity index (χ0n) is 13.5. The maximum absolute atomic E-state index is 12.1. The number of hydrazone groups is 1. The number of nitrogens with one attached hydrogen (secondary N) is 2. The molecular weight excluding hydrogens is 306 g/mol. The molecule has 0 radical (unpaired) electrons. The van der Waals surface area contributed by atoms with Crippen molar-refractivity contribution in [2.45, 2.75) is 6.92 Å². The number of methoxy groups -OCH3 is 1. The summed E-state index contributed by atoms with van der Waals surface area (Å²) in [5, 5.41) is 6.53. The molecular formula is C18H19N3O3. The second kappa shape index (κ2) is 8.47. The molecule has 124 valence electrons. The minimum Gasteiger partial charge on any atom is -0.497 e. The lowest BCUT2D eigenvalue weighted by Gasteiger charge is -2.11. The molecule has 0 saturated carbocycles. The molecule has 0 aliphatic rings. The van der Waals surface area contributed by atoms with Gasteiger partial charge >= 0.3 is 0 Å². The van der Waals surface area contributed by atoms with Crippen LogP contribution in [0.25, 0.3) is 0 Å². The van der Waals surface area contributed by atoms with Gasteiger partial charge in [-0.15, -0.1) is 0 Å². The van der Waals surface area contributed by atoms with Crippen LogP contribution in [0.4, 0.5) is 5.69 Å². The Morgan fingerprint density at radius 2 is 1.71 bits per heavy atom. The third-order valence-electron chi connectivity index (χ3n) is 3.33. The number of nitrogens with zero attached hydrogens (tertiary/aromatic N) is 1. The number of hydrogen-bond donors (Lipinski definition) is 2. The van der Waals surface area contributed by atoms with Gasteiger partial charge in [0.25, 0.3) is 5.91 Å². The molecule has 2 rings (SSSR count). The summed E-state index contributed by atoms with van der Waals surface area (Å²) in [6.45, 7) is 1.52. The Morgan fingerprint density at radius 3 is 2.33 bits per heavy atom. The number of rotatable bonds is 6. The largest absolute Gasteiger partial charge is 0.497 e. The highest BCUT2D eigenvalue weighted by molar-refractivity contribution is 6.06. The van der Waals surface area contributed by atoms with Gasteiger partial charge in [0.05, 0.1) is 13.3 Å². The van der Waals surface area contributed by atoms with Crippen LogP contribution in [0.1, 0.15) is 12.5 Å². The zero-order chi connectivity index (χ0) is 17.4. The van der Waals surface area contributed by atoms with E-state index in [0.29, 0.717) is 11.4 Å². The summed E-state index contributed by atoms with van der Waals surface area (Å²) in [5.41, 5.74) is 3.81. The summed E-state index contributed by atoms with van der Waals surface area (Å²) in [4.78, 5) is 24.0. The van der Waals surface area contributed by atoms with Crippen LogP contribution < -0.4 is 15.5 Å². The molecule has 0 fully saturated rings. The van der Waals surface area contributed by atoms with Gasteiger partial charge in [0.1, 0.15) is 11.7 Å². The van der Waals surface area contributed by atoms with Crippen molar-refractivity contribution in [1.82, 2.24) is 5.43 Å². The average Bonchev–Trinajstić information content (AvgIpc) is 2.62. The number of carbonyl (C=O) groups excluding carboxylic acids is 2. The van der Waals surface area contributed by atoms with Gasteiger partial charge in [-0.3, -0.25) is 9.59 Å². The van der Waals surface area contributed by atoms with Gasteiger partial charge in [0.15, 0.2) is 0 Å². The molecule has 6 nitrogen and oxygen atoms in total. The third kappa shape index (κ3) is 4.95. The van der Waals surface area contributed by atoms with E-state index in [-0.39, 0.29) is 0 Å². The molecule has 0 saturated heterocycles. The normalized spacial score (nSPS) is 11.8. The van der Waals surface area contributed by atoms with Crippen LogP contribution in [0.2, 0.25) is 0 Å². The summed E-state index contributed by atoms with van der Waals surface area (Å²) in [5.74, 6) is -1.07. The average molecular weight is 325 g/mol. The van der Waals surface area contributed by atoms with Gasteiger partial charge in [0, 0.05) is 5.69 Å². The Balaban J connectivity index is 1.87. The SMILES string of the molecule is COc1ccc(NC(=O)C(C)C(=O)NN=Cc2ccccc2)cc1. The summed E-state index contributed by atoms with van der Waals surface area (Å²) < 4.78 is 5.05. The Morgan fingerprint density at radius 1 is 1.04 bits per heavy atom. The number of ether oxygens (including phenoxy) is 1. The molecule has 0 aromatic heterocycles. The van der Waals surface area contributed by atoms with Gasteiger partial charge in [-0.25, -0.2) is 5.43 Å². The highest BCUT2D eigenvalue weighted by Crippen LogP contribution is 2.15. The van der Waals surface area contributed by atoms with Crippen LogP contribution in [0.3, 0.4) is 0 Å². The summed E-state index contributed by atoms with van der Waals surface area (Å²) in [7, 11) is 1.57. The molecule has 0 bridgehead atoms. The molecule has 0 aliphatic heterocycles. The van der Waals surface area contributed by atoms with Gasteiger partial charge in [-0.05, 0) is 36.8 Å². The Bertz CT molecular complexity index is 712. The lowest BCUT2D eigenvalue weighted by Crippen LogP contribution is -2.34. The van der Waals surface area contributed by atoms with E-state index in [4.69, 9.17) is 4.74 Å².